The fourth-order valence-electron chi connectivity index (χ4n) is 2.38. The third kappa shape index (κ3) is 5.71. The van der Waals surface area contributed by atoms with E-state index in [1.54, 1.807) is 36.4 Å². The molecule has 2 amide bonds. The zero-order chi connectivity index (χ0) is 21.2. The van der Waals surface area contributed by atoms with Crippen molar-refractivity contribution < 1.29 is 23.8 Å². The summed E-state index contributed by atoms with van der Waals surface area (Å²) in [5.74, 6) is -0.527. The lowest BCUT2D eigenvalue weighted by Crippen LogP contribution is -2.32. The van der Waals surface area contributed by atoms with Crippen LogP contribution in [0.15, 0.2) is 41.5 Å². The van der Waals surface area contributed by atoms with E-state index in [4.69, 9.17) is 19.5 Å². The predicted octanol–water partition coefficient (Wildman–Crippen LogP) is 1.87. The van der Waals surface area contributed by atoms with E-state index in [0.717, 1.165) is 5.56 Å². The quantitative estimate of drug-likeness (QED) is 0.419. The molecule has 0 heterocycles. The van der Waals surface area contributed by atoms with E-state index in [1.165, 1.54) is 27.5 Å². The maximum Gasteiger partial charge on any atom is 0.329 e. The molecule has 0 spiro atoms. The molecule has 9 heteroatoms. The van der Waals surface area contributed by atoms with Gasteiger partial charge in [-0.1, -0.05) is 12.1 Å². The molecule has 0 saturated heterocycles. The Morgan fingerprint density at radius 2 is 1.66 bits per heavy atom. The fraction of sp³-hybridized carbons (Fsp3) is 0.200. The van der Waals surface area contributed by atoms with Gasteiger partial charge in [-0.05, 0) is 29.8 Å². The molecule has 0 aromatic heterocycles. The maximum absolute atomic E-state index is 11.9. The standard InChI is InChI=1S/C20H20N4O5/c1-27-16-10-14(11-17(28-2)18(16)29-3)12-22-24-20(26)19(25)23-15-6-4-13(5-7-15)8-9-21/h4-7,10-12H,8H2,1-3H3,(H,23,25)(H,24,26). The van der Waals surface area contributed by atoms with Gasteiger partial charge in [0.2, 0.25) is 5.75 Å². The molecule has 29 heavy (non-hydrogen) atoms. The van der Waals surface area contributed by atoms with Gasteiger partial charge in [0.15, 0.2) is 11.5 Å². The van der Waals surface area contributed by atoms with Gasteiger partial charge in [0, 0.05) is 11.3 Å². The average molecular weight is 396 g/mol. The van der Waals surface area contributed by atoms with Crippen LogP contribution in [-0.4, -0.2) is 39.4 Å². The fourth-order valence-corrected chi connectivity index (χ4v) is 2.38. The van der Waals surface area contributed by atoms with Gasteiger partial charge in [0.05, 0.1) is 40.0 Å². The summed E-state index contributed by atoms with van der Waals surface area (Å²) in [5.41, 5.74) is 3.95. The smallest absolute Gasteiger partial charge is 0.329 e. The second-order valence-electron chi connectivity index (χ2n) is 5.64. The van der Waals surface area contributed by atoms with Crippen LogP contribution in [0.1, 0.15) is 11.1 Å². The Kier molecular flexibility index (Phi) is 7.56. The van der Waals surface area contributed by atoms with Crippen LogP contribution in [0.25, 0.3) is 0 Å². The number of rotatable bonds is 7. The van der Waals surface area contributed by atoms with E-state index in [-0.39, 0.29) is 6.42 Å². The van der Waals surface area contributed by atoms with Crippen LogP contribution in [0.3, 0.4) is 0 Å². The predicted molar refractivity (Wildman–Crippen MR) is 106 cm³/mol. The van der Waals surface area contributed by atoms with Crippen LogP contribution >= 0.6 is 0 Å². The number of hydrazone groups is 1. The number of amides is 2. The number of carbonyl (C=O) groups is 2. The van der Waals surface area contributed by atoms with Crippen molar-refractivity contribution in [2.24, 2.45) is 5.10 Å². The summed E-state index contributed by atoms with van der Waals surface area (Å²) in [6, 6.07) is 11.9. The molecule has 150 valence electrons. The summed E-state index contributed by atoms with van der Waals surface area (Å²) in [7, 11) is 4.46. The first-order valence-electron chi connectivity index (χ1n) is 8.42. The Balaban J connectivity index is 1.99. The minimum atomic E-state index is -0.935. The Labute approximate surface area is 167 Å². The number of nitrogens with zero attached hydrogens (tertiary/aromatic N) is 2. The Bertz CT molecular complexity index is 923. The lowest BCUT2D eigenvalue weighted by Gasteiger charge is -2.12. The number of methoxy groups -OCH3 is 3. The zero-order valence-corrected chi connectivity index (χ0v) is 16.2. The van der Waals surface area contributed by atoms with E-state index in [1.807, 2.05) is 6.07 Å². The second kappa shape index (κ2) is 10.3. The third-order valence-corrected chi connectivity index (χ3v) is 3.77. The molecule has 2 rings (SSSR count). The number of nitrogens with one attached hydrogen (secondary N) is 2. The summed E-state index contributed by atoms with van der Waals surface area (Å²) >= 11 is 0. The van der Waals surface area contributed by atoms with Crippen LogP contribution < -0.4 is 25.0 Å². The van der Waals surface area contributed by atoms with Crippen LogP contribution in [0.2, 0.25) is 0 Å². The number of anilines is 1. The summed E-state index contributed by atoms with van der Waals surface area (Å²) in [6.45, 7) is 0. The van der Waals surface area contributed by atoms with Crippen molar-refractivity contribution in [3.05, 3.63) is 47.5 Å². The molecular weight excluding hydrogens is 376 g/mol. The van der Waals surface area contributed by atoms with Crippen molar-refractivity contribution >= 4 is 23.7 Å². The SMILES string of the molecule is COc1cc(C=NNC(=O)C(=O)Nc2ccc(CC#N)cc2)cc(OC)c1OC. The molecule has 2 N–H and O–H groups in total. The highest BCUT2D eigenvalue weighted by Gasteiger charge is 2.14. The topological polar surface area (TPSA) is 122 Å². The number of hydrogen-bond acceptors (Lipinski definition) is 7. The number of ether oxygens (including phenoxy) is 3. The molecule has 0 fully saturated rings. The van der Waals surface area contributed by atoms with Crippen molar-refractivity contribution in [1.82, 2.24) is 5.43 Å². The lowest BCUT2D eigenvalue weighted by molar-refractivity contribution is -0.136. The molecule has 0 atom stereocenters. The van der Waals surface area contributed by atoms with Gasteiger partial charge in [-0.15, -0.1) is 0 Å². The number of carbonyl (C=O) groups excluding carboxylic acids is 2. The second-order valence-corrected chi connectivity index (χ2v) is 5.64. The molecule has 0 radical (unpaired) electrons. The van der Waals surface area contributed by atoms with Gasteiger partial charge in [-0.3, -0.25) is 9.59 Å². The summed E-state index contributed by atoms with van der Waals surface area (Å²) in [4.78, 5) is 23.8. The Morgan fingerprint density at radius 1 is 1.03 bits per heavy atom. The van der Waals surface area contributed by atoms with Crippen LogP contribution in [-0.2, 0) is 16.0 Å². The van der Waals surface area contributed by atoms with E-state index < -0.39 is 11.8 Å². The first kappa shape index (κ1) is 21.2. The summed E-state index contributed by atoms with van der Waals surface area (Å²) < 4.78 is 15.7. The van der Waals surface area contributed by atoms with Gasteiger partial charge in [-0.2, -0.15) is 10.4 Å². The third-order valence-electron chi connectivity index (χ3n) is 3.77. The molecule has 0 aliphatic carbocycles. The average Bonchev–Trinajstić information content (AvgIpc) is 2.74. The molecule has 0 saturated carbocycles. The van der Waals surface area contributed by atoms with E-state index in [9.17, 15) is 9.59 Å². The molecule has 0 bridgehead atoms. The largest absolute Gasteiger partial charge is 0.493 e. The van der Waals surface area contributed by atoms with Gasteiger partial charge in [0.25, 0.3) is 0 Å². The van der Waals surface area contributed by atoms with Gasteiger partial charge >= 0.3 is 11.8 Å². The molecule has 0 aliphatic heterocycles. The normalized spacial score (nSPS) is 10.1. The highest BCUT2D eigenvalue weighted by molar-refractivity contribution is 6.39. The Hall–Kier alpha value is -4.06. The minimum absolute atomic E-state index is 0.268. The highest BCUT2D eigenvalue weighted by atomic mass is 16.5. The van der Waals surface area contributed by atoms with Gasteiger partial charge in [-0.25, -0.2) is 5.43 Å². The lowest BCUT2D eigenvalue weighted by atomic mass is 10.1. The van der Waals surface area contributed by atoms with Crippen molar-refractivity contribution in [3.63, 3.8) is 0 Å². The summed E-state index contributed by atoms with van der Waals surface area (Å²) in [6.07, 6.45) is 1.61. The zero-order valence-electron chi connectivity index (χ0n) is 16.2. The maximum atomic E-state index is 11.9. The van der Waals surface area contributed by atoms with Crippen LogP contribution in [0, 0.1) is 11.3 Å². The van der Waals surface area contributed by atoms with Crippen LogP contribution in [0.5, 0.6) is 17.2 Å². The van der Waals surface area contributed by atoms with Crippen molar-refractivity contribution in [2.75, 3.05) is 26.6 Å². The number of nitriles is 1. The molecule has 2 aromatic carbocycles. The molecule has 2 aromatic rings. The first-order valence-corrected chi connectivity index (χ1v) is 8.42. The molecule has 0 aliphatic rings. The van der Waals surface area contributed by atoms with Crippen LogP contribution in [0.4, 0.5) is 5.69 Å². The van der Waals surface area contributed by atoms with E-state index >= 15 is 0 Å². The van der Waals surface area contributed by atoms with E-state index in [2.05, 4.69) is 15.8 Å². The first-order chi connectivity index (χ1) is 14.0. The highest BCUT2D eigenvalue weighted by Crippen LogP contribution is 2.37. The monoisotopic (exact) mass is 396 g/mol. The summed E-state index contributed by atoms with van der Waals surface area (Å²) in [5, 5.41) is 14.9. The van der Waals surface area contributed by atoms with Crippen molar-refractivity contribution in [2.45, 2.75) is 6.42 Å². The minimum Gasteiger partial charge on any atom is -0.493 e. The molecule has 9 nitrogen and oxygen atoms in total. The van der Waals surface area contributed by atoms with Gasteiger partial charge in [0.1, 0.15) is 0 Å². The Morgan fingerprint density at radius 3 is 2.17 bits per heavy atom. The number of benzene rings is 2. The molecular formula is C20H20N4O5. The van der Waals surface area contributed by atoms with Gasteiger partial charge < -0.3 is 19.5 Å². The van der Waals surface area contributed by atoms with E-state index in [0.29, 0.717) is 28.5 Å². The van der Waals surface area contributed by atoms with Crippen molar-refractivity contribution in [1.29, 1.82) is 5.26 Å². The number of hydrogen-bond donors (Lipinski definition) is 2. The van der Waals surface area contributed by atoms with Crippen molar-refractivity contribution in [3.8, 4) is 23.3 Å². The molecule has 0 unspecified atom stereocenters.